The van der Waals surface area contributed by atoms with E-state index in [-0.39, 0.29) is 11.5 Å². The number of aromatic amines is 1. The zero-order valence-corrected chi connectivity index (χ0v) is 18.4. The molecule has 0 aliphatic carbocycles. The van der Waals surface area contributed by atoms with Crippen LogP contribution >= 0.6 is 0 Å². The second-order valence-corrected chi connectivity index (χ2v) is 8.82. The van der Waals surface area contributed by atoms with E-state index in [1.54, 1.807) is 30.2 Å². The van der Waals surface area contributed by atoms with Crippen LogP contribution in [0.3, 0.4) is 0 Å². The maximum atomic E-state index is 13.3. The van der Waals surface area contributed by atoms with Crippen LogP contribution in [0.25, 0.3) is 10.8 Å². The molecule has 1 saturated heterocycles. The topological polar surface area (TPSA) is 121 Å². The van der Waals surface area contributed by atoms with E-state index >= 15 is 0 Å². The van der Waals surface area contributed by atoms with Gasteiger partial charge >= 0.3 is 11.8 Å². The number of aromatic nitrogens is 2. The summed E-state index contributed by atoms with van der Waals surface area (Å²) >= 11 is 0. The summed E-state index contributed by atoms with van der Waals surface area (Å²) in [6, 6.07) is 9.11. The first kappa shape index (κ1) is 21.5. The van der Waals surface area contributed by atoms with Gasteiger partial charge in [0.1, 0.15) is 5.82 Å². The number of nitrogen functional groups attached to an aromatic ring is 1. The Labute approximate surface area is 185 Å². The molecule has 0 spiro atoms. The van der Waals surface area contributed by atoms with Gasteiger partial charge in [0.15, 0.2) is 0 Å². The van der Waals surface area contributed by atoms with Crippen LogP contribution in [0, 0.1) is 12.8 Å². The van der Waals surface area contributed by atoms with Gasteiger partial charge in [-0.15, -0.1) is 0 Å². The molecule has 1 aliphatic heterocycles. The first-order valence-corrected chi connectivity index (χ1v) is 10.7. The Bertz CT molecular complexity index is 1270. The Kier molecular flexibility index (Phi) is 5.46. The molecule has 3 aromatic rings. The quantitative estimate of drug-likeness (QED) is 0.537. The molecule has 0 saturated carbocycles. The van der Waals surface area contributed by atoms with Gasteiger partial charge < -0.3 is 20.9 Å². The number of piperidine rings is 1. The van der Waals surface area contributed by atoms with Gasteiger partial charge in [-0.3, -0.25) is 14.4 Å². The number of aryl methyl sites for hydroxylation is 1. The average molecular weight is 434 g/mol. The summed E-state index contributed by atoms with van der Waals surface area (Å²) in [4.78, 5) is 46.7. The minimum absolute atomic E-state index is 0.156. The van der Waals surface area contributed by atoms with E-state index in [2.05, 4.69) is 22.2 Å². The largest absolute Gasteiger partial charge is 0.383 e. The molecule has 0 unspecified atom stereocenters. The summed E-state index contributed by atoms with van der Waals surface area (Å²) in [5.41, 5.74) is 6.95. The Hall–Kier alpha value is -3.68. The van der Waals surface area contributed by atoms with E-state index in [0.29, 0.717) is 29.9 Å². The first-order chi connectivity index (χ1) is 15.2. The van der Waals surface area contributed by atoms with Gasteiger partial charge in [0.25, 0.3) is 5.56 Å². The number of rotatable bonds is 2. The Morgan fingerprint density at radius 1 is 1.28 bits per heavy atom. The molecular formula is C24H27N5O3. The molecule has 0 radical (unpaired) electrons. The lowest BCUT2D eigenvalue weighted by atomic mass is 9.78. The monoisotopic (exact) mass is 433 g/mol. The van der Waals surface area contributed by atoms with Crippen LogP contribution in [-0.4, -0.2) is 33.2 Å². The highest BCUT2D eigenvalue weighted by molar-refractivity contribution is 6.39. The van der Waals surface area contributed by atoms with Gasteiger partial charge in [-0.25, -0.2) is 4.98 Å². The molecule has 4 rings (SSSR count). The minimum atomic E-state index is -0.714. The average Bonchev–Trinajstić information content (AvgIpc) is 2.77. The molecule has 2 amide bonds. The summed E-state index contributed by atoms with van der Waals surface area (Å²) in [6.07, 6.45) is 4.69. The Morgan fingerprint density at radius 2 is 2.06 bits per heavy atom. The SMILES string of the molecule is Cc1cc(NC(=O)C(=O)N2C[C@@H](C)CC[C@@]2(C)c2ccc3c(=O)[nH]ccc3c2)cnc1N. The molecule has 2 atom stereocenters. The van der Waals surface area contributed by atoms with Crippen molar-refractivity contribution < 1.29 is 9.59 Å². The standard InChI is InChI=1S/C24H27N5O3/c1-14-6-8-24(3,17-4-5-19-16(11-17)7-9-26-21(19)30)29(13-14)23(32)22(31)28-18-10-15(2)20(25)27-12-18/h4-5,7,9-12,14H,6,8,13H2,1-3H3,(H2,25,27)(H,26,30)(H,28,31)/t14-,24-/m0/s1. The summed E-state index contributed by atoms with van der Waals surface area (Å²) in [7, 11) is 0. The van der Waals surface area contributed by atoms with Crippen molar-refractivity contribution in [3.63, 3.8) is 0 Å². The van der Waals surface area contributed by atoms with Gasteiger partial charge in [-0.1, -0.05) is 13.0 Å². The van der Waals surface area contributed by atoms with E-state index in [1.807, 2.05) is 25.1 Å². The van der Waals surface area contributed by atoms with Crippen molar-refractivity contribution in [1.29, 1.82) is 0 Å². The number of carbonyl (C=O) groups excluding carboxylic acids is 2. The van der Waals surface area contributed by atoms with Crippen LogP contribution in [0.4, 0.5) is 11.5 Å². The van der Waals surface area contributed by atoms with Crippen molar-refractivity contribution in [2.75, 3.05) is 17.6 Å². The van der Waals surface area contributed by atoms with Crippen LogP contribution < -0.4 is 16.6 Å². The number of carbonyl (C=O) groups is 2. The maximum Gasteiger partial charge on any atom is 0.313 e. The van der Waals surface area contributed by atoms with E-state index in [0.717, 1.165) is 22.9 Å². The molecule has 8 heteroatoms. The molecule has 1 fully saturated rings. The molecule has 2 aromatic heterocycles. The van der Waals surface area contributed by atoms with Crippen LogP contribution in [0.5, 0.6) is 0 Å². The normalized spacial score (nSPS) is 20.8. The third-order valence-corrected chi connectivity index (χ3v) is 6.43. The van der Waals surface area contributed by atoms with E-state index in [9.17, 15) is 14.4 Å². The summed E-state index contributed by atoms with van der Waals surface area (Å²) in [5.74, 6) is -0.668. The third-order valence-electron chi connectivity index (χ3n) is 6.43. The molecule has 0 bridgehead atoms. The van der Waals surface area contributed by atoms with Crippen LogP contribution in [-0.2, 0) is 15.1 Å². The number of amides is 2. The number of anilines is 2. The predicted molar refractivity (Wildman–Crippen MR) is 124 cm³/mol. The Balaban J connectivity index is 1.66. The van der Waals surface area contributed by atoms with Crippen molar-refractivity contribution in [2.45, 2.75) is 39.2 Å². The molecule has 166 valence electrons. The van der Waals surface area contributed by atoms with Gasteiger partial charge in [0.2, 0.25) is 0 Å². The van der Waals surface area contributed by atoms with E-state index < -0.39 is 17.4 Å². The molecule has 1 aliphatic rings. The van der Waals surface area contributed by atoms with Crippen LogP contribution in [0.1, 0.15) is 37.8 Å². The zero-order chi connectivity index (χ0) is 23.0. The number of nitrogens with zero attached hydrogens (tertiary/aromatic N) is 2. The molecular weight excluding hydrogens is 406 g/mol. The van der Waals surface area contributed by atoms with Crippen molar-refractivity contribution in [1.82, 2.24) is 14.9 Å². The second-order valence-electron chi connectivity index (χ2n) is 8.82. The van der Waals surface area contributed by atoms with Gasteiger partial charge in [-0.05, 0) is 73.4 Å². The van der Waals surface area contributed by atoms with Crippen molar-refractivity contribution in [2.24, 2.45) is 5.92 Å². The number of H-pyrrole nitrogens is 1. The highest BCUT2D eigenvalue weighted by Gasteiger charge is 2.43. The van der Waals surface area contributed by atoms with Gasteiger partial charge in [-0.2, -0.15) is 0 Å². The molecule has 3 heterocycles. The van der Waals surface area contributed by atoms with Gasteiger partial charge in [0.05, 0.1) is 17.4 Å². The fourth-order valence-electron chi connectivity index (χ4n) is 4.36. The van der Waals surface area contributed by atoms with E-state index in [4.69, 9.17) is 5.73 Å². The number of nitrogens with one attached hydrogen (secondary N) is 2. The zero-order valence-electron chi connectivity index (χ0n) is 18.4. The number of nitrogens with two attached hydrogens (primary N) is 1. The minimum Gasteiger partial charge on any atom is -0.383 e. The van der Waals surface area contributed by atoms with Crippen molar-refractivity contribution in [3.05, 3.63) is 64.2 Å². The molecule has 32 heavy (non-hydrogen) atoms. The lowest BCUT2D eigenvalue weighted by Crippen LogP contribution is -2.55. The number of benzene rings is 1. The Morgan fingerprint density at radius 3 is 2.81 bits per heavy atom. The summed E-state index contributed by atoms with van der Waals surface area (Å²) < 4.78 is 0. The lowest BCUT2D eigenvalue weighted by molar-refractivity contribution is -0.150. The van der Waals surface area contributed by atoms with Crippen molar-refractivity contribution >= 4 is 34.1 Å². The maximum absolute atomic E-state index is 13.3. The highest BCUT2D eigenvalue weighted by atomic mass is 16.2. The fraction of sp³-hybridized carbons (Fsp3) is 0.333. The number of hydrogen-bond acceptors (Lipinski definition) is 5. The molecule has 8 nitrogen and oxygen atoms in total. The number of likely N-dealkylation sites (tertiary alicyclic amines) is 1. The van der Waals surface area contributed by atoms with Crippen molar-refractivity contribution in [3.8, 4) is 0 Å². The lowest BCUT2D eigenvalue weighted by Gasteiger charge is -2.47. The molecule has 1 aromatic carbocycles. The third kappa shape index (κ3) is 3.84. The smallest absolute Gasteiger partial charge is 0.313 e. The molecule has 4 N–H and O–H groups in total. The van der Waals surface area contributed by atoms with E-state index in [1.165, 1.54) is 6.20 Å². The summed E-state index contributed by atoms with van der Waals surface area (Å²) in [6.45, 7) is 6.31. The van der Waals surface area contributed by atoms with Crippen LogP contribution in [0.15, 0.2) is 47.5 Å². The number of hydrogen-bond donors (Lipinski definition) is 3. The predicted octanol–water partition coefficient (Wildman–Crippen LogP) is 2.93. The fourth-order valence-corrected chi connectivity index (χ4v) is 4.36. The van der Waals surface area contributed by atoms with Crippen LogP contribution in [0.2, 0.25) is 0 Å². The second kappa shape index (κ2) is 8.11. The van der Waals surface area contributed by atoms with Gasteiger partial charge in [0, 0.05) is 18.1 Å². The summed E-state index contributed by atoms with van der Waals surface area (Å²) in [5, 5.41) is 4.04. The number of pyridine rings is 2. The number of fused-ring (bicyclic) bond motifs is 1. The highest BCUT2D eigenvalue weighted by Crippen LogP contribution is 2.40. The first-order valence-electron chi connectivity index (χ1n) is 10.7.